The van der Waals surface area contributed by atoms with Gasteiger partial charge in [-0.25, -0.2) is 0 Å². The number of aryl methyl sites for hydroxylation is 1. The maximum absolute atomic E-state index is 12.2. The second-order valence-corrected chi connectivity index (χ2v) is 8.59. The Labute approximate surface area is 183 Å². The van der Waals surface area contributed by atoms with Crippen LogP contribution in [0.25, 0.3) is 11.4 Å². The average molecular weight is 419 g/mol. The summed E-state index contributed by atoms with van der Waals surface area (Å²) in [5, 5.41) is 15.4. The van der Waals surface area contributed by atoms with Gasteiger partial charge in [-0.2, -0.15) is 4.80 Å². The minimum Gasteiger partial charge on any atom is -0.350 e. The standard InChI is InChI=1S/C24H30N6O/c1-18-5-7-20(8-6-18)14-25-23(31)17-30-27-24(26-28-30)22-11-9-21(10-12-22)16-29-13-3-4-19(2)15-29/h5-12,19H,3-4,13-17H2,1-2H3,(H,25,31). The SMILES string of the molecule is Cc1ccc(CNC(=O)Cn2nnc(-c3ccc(CN4CCCC(C)C4)cc3)n2)cc1. The molecule has 1 fully saturated rings. The normalized spacial score (nSPS) is 16.9. The van der Waals surface area contributed by atoms with E-state index in [1.54, 1.807) is 0 Å². The summed E-state index contributed by atoms with van der Waals surface area (Å²) >= 11 is 0. The summed E-state index contributed by atoms with van der Waals surface area (Å²) in [5.41, 5.74) is 4.46. The van der Waals surface area contributed by atoms with E-state index in [-0.39, 0.29) is 12.5 Å². The van der Waals surface area contributed by atoms with Gasteiger partial charge in [0.1, 0.15) is 6.54 Å². The van der Waals surface area contributed by atoms with Gasteiger partial charge in [0.2, 0.25) is 11.7 Å². The van der Waals surface area contributed by atoms with Crippen LogP contribution in [-0.2, 0) is 24.4 Å². The molecule has 1 saturated heterocycles. The van der Waals surface area contributed by atoms with Crippen LogP contribution in [0.5, 0.6) is 0 Å². The molecule has 7 heteroatoms. The average Bonchev–Trinajstić information content (AvgIpc) is 3.22. The molecule has 1 aromatic heterocycles. The first kappa shape index (κ1) is 21.2. The van der Waals surface area contributed by atoms with E-state index < -0.39 is 0 Å². The number of aromatic nitrogens is 4. The van der Waals surface area contributed by atoms with E-state index in [0.717, 1.165) is 23.6 Å². The first-order valence-electron chi connectivity index (χ1n) is 11.0. The van der Waals surface area contributed by atoms with Crippen molar-refractivity contribution in [3.8, 4) is 11.4 Å². The van der Waals surface area contributed by atoms with Gasteiger partial charge >= 0.3 is 0 Å². The van der Waals surface area contributed by atoms with E-state index in [1.807, 2.05) is 43.3 Å². The Morgan fingerprint density at radius 2 is 1.84 bits per heavy atom. The van der Waals surface area contributed by atoms with Crippen molar-refractivity contribution in [3.63, 3.8) is 0 Å². The van der Waals surface area contributed by atoms with E-state index in [2.05, 4.69) is 44.7 Å². The van der Waals surface area contributed by atoms with Crippen molar-refractivity contribution in [3.05, 3.63) is 65.2 Å². The highest BCUT2D eigenvalue weighted by molar-refractivity contribution is 5.75. The fourth-order valence-corrected chi connectivity index (χ4v) is 3.96. The number of rotatable bonds is 7. The van der Waals surface area contributed by atoms with E-state index in [9.17, 15) is 4.79 Å². The maximum atomic E-state index is 12.2. The summed E-state index contributed by atoms with van der Waals surface area (Å²) in [5.74, 6) is 1.17. The Morgan fingerprint density at radius 1 is 1.10 bits per heavy atom. The van der Waals surface area contributed by atoms with Crippen LogP contribution in [0.2, 0.25) is 0 Å². The summed E-state index contributed by atoms with van der Waals surface area (Å²) in [6, 6.07) is 16.4. The van der Waals surface area contributed by atoms with Crippen LogP contribution in [0.3, 0.4) is 0 Å². The van der Waals surface area contributed by atoms with E-state index in [4.69, 9.17) is 0 Å². The molecule has 1 N–H and O–H groups in total. The minimum atomic E-state index is -0.143. The quantitative estimate of drug-likeness (QED) is 0.638. The van der Waals surface area contributed by atoms with Crippen molar-refractivity contribution >= 4 is 5.91 Å². The number of nitrogens with zero attached hydrogens (tertiary/aromatic N) is 5. The first-order chi connectivity index (χ1) is 15.0. The van der Waals surface area contributed by atoms with Gasteiger partial charge in [-0.1, -0.05) is 61.0 Å². The van der Waals surface area contributed by atoms with Crippen LogP contribution in [0.1, 0.15) is 36.5 Å². The Kier molecular flexibility index (Phi) is 6.72. The summed E-state index contributed by atoms with van der Waals surface area (Å²) in [4.78, 5) is 16.1. The molecule has 3 aromatic rings. The maximum Gasteiger partial charge on any atom is 0.243 e. The monoisotopic (exact) mass is 418 g/mol. The van der Waals surface area contributed by atoms with Crippen molar-refractivity contribution < 1.29 is 4.79 Å². The third-order valence-corrected chi connectivity index (χ3v) is 5.71. The van der Waals surface area contributed by atoms with Gasteiger partial charge in [-0.15, -0.1) is 10.2 Å². The Bertz CT molecular complexity index is 996. The van der Waals surface area contributed by atoms with Crippen LogP contribution in [0, 0.1) is 12.8 Å². The highest BCUT2D eigenvalue weighted by Crippen LogP contribution is 2.20. The number of hydrogen-bond donors (Lipinski definition) is 1. The zero-order valence-electron chi connectivity index (χ0n) is 18.3. The van der Waals surface area contributed by atoms with Crippen molar-refractivity contribution in [2.45, 2.75) is 46.3 Å². The van der Waals surface area contributed by atoms with Gasteiger partial charge in [0, 0.05) is 25.2 Å². The molecular weight excluding hydrogens is 388 g/mol. The number of hydrogen-bond acceptors (Lipinski definition) is 5. The number of nitrogens with one attached hydrogen (secondary N) is 1. The number of carbonyl (C=O) groups excluding carboxylic acids is 1. The molecule has 162 valence electrons. The molecule has 1 aliphatic rings. The van der Waals surface area contributed by atoms with Crippen LogP contribution in [0.4, 0.5) is 0 Å². The molecule has 2 aromatic carbocycles. The molecule has 1 unspecified atom stereocenters. The molecule has 0 radical (unpaired) electrons. The van der Waals surface area contributed by atoms with E-state index in [1.165, 1.54) is 41.9 Å². The Balaban J connectivity index is 1.29. The lowest BCUT2D eigenvalue weighted by molar-refractivity contribution is -0.122. The van der Waals surface area contributed by atoms with Crippen LogP contribution in [0.15, 0.2) is 48.5 Å². The number of benzene rings is 2. The number of piperidine rings is 1. The molecule has 0 spiro atoms. The summed E-state index contributed by atoms with van der Waals surface area (Å²) < 4.78 is 0. The molecule has 7 nitrogen and oxygen atoms in total. The van der Waals surface area contributed by atoms with Gasteiger partial charge in [0.25, 0.3) is 0 Å². The number of likely N-dealkylation sites (tertiary alicyclic amines) is 1. The van der Waals surface area contributed by atoms with Gasteiger partial charge in [-0.05, 0) is 48.6 Å². The zero-order chi connectivity index (χ0) is 21.6. The zero-order valence-corrected chi connectivity index (χ0v) is 18.3. The molecule has 4 rings (SSSR count). The highest BCUT2D eigenvalue weighted by atomic mass is 16.2. The molecule has 0 aliphatic carbocycles. The van der Waals surface area contributed by atoms with Crippen molar-refractivity contribution in [2.24, 2.45) is 5.92 Å². The molecule has 0 bridgehead atoms. The fourth-order valence-electron chi connectivity index (χ4n) is 3.96. The second kappa shape index (κ2) is 9.83. The third kappa shape index (κ3) is 5.98. The van der Waals surface area contributed by atoms with Gasteiger partial charge in [-0.3, -0.25) is 9.69 Å². The predicted molar refractivity (Wildman–Crippen MR) is 120 cm³/mol. The van der Waals surface area contributed by atoms with E-state index in [0.29, 0.717) is 12.4 Å². The Hall–Kier alpha value is -3.06. The van der Waals surface area contributed by atoms with Crippen LogP contribution in [-0.4, -0.2) is 44.1 Å². The van der Waals surface area contributed by atoms with Crippen molar-refractivity contribution in [1.82, 2.24) is 30.4 Å². The second-order valence-electron chi connectivity index (χ2n) is 8.59. The fraction of sp³-hybridized carbons (Fsp3) is 0.417. The molecule has 1 aliphatic heterocycles. The lowest BCUT2D eigenvalue weighted by Gasteiger charge is -2.30. The largest absolute Gasteiger partial charge is 0.350 e. The smallest absolute Gasteiger partial charge is 0.243 e. The summed E-state index contributed by atoms with van der Waals surface area (Å²) in [6.07, 6.45) is 2.62. The molecule has 31 heavy (non-hydrogen) atoms. The van der Waals surface area contributed by atoms with Crippen LogP contribution < -0.4 is 5.32 Å². The molecule has 1 amide bonds. The summed E-state index contributed by atoms with van der Waals surface area (Å²) in [7, 11) is 0. The third-order valence-electron chi connectivity index (χ3n) is 5.71. The first-order valence-corrected chi connectivity index (χ1v) is 11.0. The Morgan fingerprint density at radius 3 is 2.58 bits per heavy atom. The topological polar surface area (TPSA) is 75.9 Å². The van der Waals surface area contributed by atoms with Gasteiger partial charge in [0.15, 0.2) is 0 Å². The number of tetrazole rings is 1. The lowest BCUT2D eigenvalue weighted by Crippen LogP contribution is -2.33. The molecule has 1 atom stereocenters. The summed E-state index contributed by atoms with van der Waals surface area (Å²) in [6.45, 7) is 8.22. The predicted octanol–water partition coefficient (Wildman–Crippen LogP) is 3.20. The molecular formula is C24H30N6O. The minimum absolute atomic E-state index is 0.0457. The molecule has 2 heterocycles. The van der Waals surface area contributed by atoms with Gasteiger partial charge < -0.3 is 5.32 Å². The number of carbonyl (C=O) groups is 1. The van der Waals surface area contributed by atoms with Crippen LogP contribution >= 0.6 is 0 Å². The van der Waals surface area contributed by atoms with E-state index >= 15 is 0 Å². The highest BCUT2D eigenvalue weighted by Gasteiger charge is 2.16. The molecule has 0 saturated carbocycles. The van der Waals surface area contributed by atoms with Gasteiger partial charge in [0.05, 0.1) is 0 Å². The van der Waals surface area contributed by atoms with Crippen molar-refractivity contribution in [1.29, 1.82) is 0 Å². The number of amides is 1. The lowest BCUT2D eigenvalue weighted by atomic mass is 9.99. The van der Waals surface area contributed by atoms with Crippen molar-refractivity contribution in [2.75, 3.05) is 13.1 Å².